The van der Waals surface area contributed by atoms with Gasteiger partial charge in [0.2, 0.25) is 0 Å². The van der Waals surface area contributed by atoms with Gasteiger partial charge in [-0.2, -0.15) is 30.7 Å². The van der Waals surface area contributed by atoms with Gasteiger partial charge in [-0.1, -0.05) is 25.8 Å². The van der Waals surface area contributed by atoms with Crippen molar-refractivity contribution in [2.45, 2.75) is 76.3 Å². The SMILES string of the molecule is CCCCCc1ccc(OC(=O)[C@H]2CC[C@H](C(F)(F)C(F)(F)C(F)(F)F)CC2)c(F)c1. The molecule has 0 unspecified atom stereocenters. The number of hydrogen-bond donors (Lipinski definition) is 0. The van der Waals surface area contributed by atoms with Crippen LogP contribution in [0, 0.1) is 17.7 Å². The Morgan fingerprint density at radius 1 is 1.00 bits per heavy atom. The summed E-state index contributed by atoms with van der Waals surface area (Å²) in [6.07, 6.45) is -5.01. The van der Waals surface area contributed by atoms with Crippen LogP contribution >= 0.6 is 0 Å². The number of aryl methyl sites for hydroxylation is 1. The summed E-state index contributed by atoms with van der Waals surface area (Å²) in [5, 5.41) is 0. The number of carbonyl (C=O) groups excluding carboxylic acids is 1. The molecule has 0 atom stereocenters. The van der Waals surface area contributed by atoms with Crippen LogP contribution in [0.2, 0.25) is 0 Å². The summed E-state index contributed by atoms with van der Waals surface area (Å²) in [5.41, 5.74) is 0.721. The molecular formula is C21H24F8O2. The fraction of sp³-hybridized carbons (Fsp3) is 0.667. The van der Waals surface area contributed by atoms with Gasteiger partial charge < -0.3 is 4.74 Å². The highest BCUT2D eigenvalue weighted by molar-refractivity contribution is 5.75. The van der Waals surface area contributed by atoms with Crippen LogP contribution in [0.15, 0.2) is 18.2 Å². The van der Waals surface area contributed by atoms with Gasteiger partial charge in [0.25, 0.3) is 0 Å². The highest BCUT2D eigenvalue weighted by atomic mass is 19.4. The van der Waals surface area contributed by atoms with Crippen molar-refractivity contribution in [3.05, 3.63) is 29.6 Å². The molecule has 2 nitrogen and oxygen atoms in total. The summed E-state index contributed by atoms with van der Waals surface area (Å²) < 4.78 is 110. The van der Waals surface area contributed by atoms with Gasteiger partial charge in [0.1, 0.15) is 0 Å². The molecule has 1 aromatic carbocycles. The quantitative estimate of drug-likeness (QED) is 0.179. The summed E-state index contributed by atoms with van der Waals surface area (Å²) in [7, 11) is 0. The molecule has 0 saturated heterocycles. The smallest absolute Gasteiger partial charge is 0.423 e. The van der Waals surface area contributed by atoms with Gasteiger partial charge in [0.05, 0.1) is 5.92 Å². The first-order chi connectivity index (χ1) is 14.3. The van der Waals surface area contributed by atoms with Crippen LogP contribution in [-0.4, -0.2) is 24.0 Å². The number of esters is 1. The third-order valence-corrected chi connectivity index (χ3v) is 5.62. The predicted molar refractivity (Wildman–Crippen MR) is 96.7 cm³/mol. The molecule has 0 amide bonds. The molecule has 0 aromatic heterocycles. The third kappa shape index (κ3) is 5.68. The van der Waals surface area contributed by atoms with E-state index in [0.29, 0.717) is 6.42 Å². The Morgan fingerprint density at radius 3 is 2.13 bits per heavy atom. The lowest BCUT2D eigenvalue weighted by atomic mass is 9.77. The normalized spacial score (nSPS) is 20.5. The number of hydrogen-bond acceptors (Lipinski definition) is 2. The number of ether oxygens (including phenoxy) is 1. The molecule has 1 aliphatic carbocycles. The Balaban J connectivity index is 1.95. The van der Waals surface area contributed by atoms with Gasteiger partial charge in [-0.25, -0.2) is 4.39 Å². The van der Waals surface area contributed by atoms with Crippen LogP contribution in [0.4, 0.5) is 35.1 Å². The first-order valence-electron chi connectivity index (χ1n) is 10.1. The van der Waals surface area contributed by atoms with Gasteiger partial charge in [-0.3, -0.25) is 4.79 Å². The Morgan fingerprint density at radius 2 is 1.61 bits per heavy atom. The molecule has 0 bridgehead atoms. The van der Waals surface area contributed by atoms with E-state index in [9.17, 15) is 39.9 Å². The molecule has 2 rings (SSSR count). The maximum atomic E-state index is 14.2. The lowest BCUT2D eigenvalue weighted by molar-refractivity contribution is -0.367. The molecule has 0 aliphatic heterocycles. The van der Waals surface area contributed by atoms with E-state index in [1.807, 2.05) is 6.92 Å². The van der Waals surface area contributed by atoms with Crippen LogP contribution in [0.1, 0.15) is 57.4 Å². The minimum absolute atomic E-state index is 0.347. The van der Waals surface area contributed by atoms with Crippen molar-refractivity contribution in [2.24, 2.45) is 11.8 Å². The number of benzene rings is 1. The maximum absolute atomic E-state index is 14.2. The number of alkyl halides is 7. The zero-order valence-electron chi connectivity index (χ0n) is 16.9. The molecule has 176 valence electrons. The topological polar surface area (TPSA) is 26.3 Å². The second kappa shape index (κ2) is 9.73. The van der Waals surface area contributed by atoms with Crippen LogP contribution in [0.3, 0.4) is 0 Å². The Hall–Kier alpha value is -1.87. The fourth-order valence-corrected chi connectivity index (χ4v) is 3.69. The van der Waals surface area contributed by atoms with E-state index in [1.54, 1.807) is 6.07 Å². The van der Waals surface area contributed by atoms with Crippen molar-refractivity contribution < 1.29 is 44.7 Å². The van der Waals surface area contributed by atoms with Crippen molar-refractivity contribution in [3.63, 3.8) is 0 Å². The minimum atomic E-state index is -6.38. The average molecular weight is 460 g/mol. The summed E-state index contributed by atoms with van der Waals surface area (Å²) in [6.45, 7) is 2.03. The van der Waals surface area contributed by atoms with Crippen molar-refractivity contribution in [1.82, 2.24) is 0 Å². The highest BCUT2D eigenvalue weighted by Crippen LogP contribution is 2.53. The molecule has 1 aliphatic rings. The van der Waals surface area contributed by atoms with Crippen LogP contribution < -0.4 is 4.74 Å². The van der Waals surface area contributed by atoms with Gasteiger partial charge in [0.15, 0.2) is 11.6 Å². The van der Waals surface area contributed by atoms with Crippen molar-refractivity contribution in [1.29, 1.82) is 0 Å². The molecule has 0 radical (unpaired) electrons. The molecule has 1 fully saturated rings. The molecule has 0 spiro atoms. The number of rotatable bonds is 8. The lowest BCUT2D eigenvalue weighted by Crippen LogP contribution is -2.56. The molecule has 1 saturated carbocycles. The average Bonchev–Trinajstić information content (AvgIpc) is 2.69. The maximum Gasteiger partial charge on any atom is 0.459 e. The van der Waals surface area contributed by atoms with E-state index in [2.05, 4.69) is 0 Å². The first kappa shape index (κ1) is 25.4. The molecule has 10 heteroatoms. The van der Waals surface area contributed by atoms with Crippen LogP contribution in [0.25, 0.3) is 0 Å². The Labute approximate surface area is 174 Å². The van der Waals surface area contributed by atoms with Gasteiger partial charge in [0, 0.05) is 5.92 Å². The monoisotopic (exact) mass is 460 g/mol. The molecule has 1 aromatic rings. The molecule has 31 heavy (non-hydrogen) atoms. The zero-order chi connectivity index (χ0) is 23.4. The van der Waals surface area contributed by atoms with Gasteiger partial charge >= 0.3 is 24.0 Å². The number of carbonyl (C=O) groups is 1. The third-order valence-electron chi connectivity index (χ3n) is 5.62. The molecular weight excluding hydrogens is 436 g/mol. The first-order valence-corrected chi connectivity index (χ1v) is 10.1. The van der Waals surface area contributed by atoms with Crippen molar-refractivity contribution in [3.8, 4) is 5.75 Å². The van der Waals surface area contributed by atoms with Crippen LogP contribution in [-0.2, 0) is 11.2 Å². The summed E-state index contributed by atoms with van der Waals surface area (Å²) in [5.74, 6) is -16.7. The van der Waals surface area contributed by atoms with E-state index in [4.69, 9.17) is 4.74 Å². The van der Waals surface area contributed by atoms with Crippen molar-refractivity contribution in [2.75, 3.05) is 0 Å². The largest absolute Gasteiger partial charge is 0.459 e. The summed E-state index contributed by atoms with van der Waals surface area (Å²) in [6, 6.07) is 4.10. The number of halogens is 8. The van der Waals surface area contributed by atoms with E-state index in [1.165, 1.54) is 12.1 Å². The van der Waals surface area contributed by atoms with Crippen molar-refractivity contribution >= 4 is 5.97 Å². The predicted octanol–water partition coefficient (Wildman–Crippen LogP) is 7.10. The summed E-state index contributed by atoms with van der Waals surface area (Å²) in [4.78, 5) is 12.2. The zero-order valence-corrected chi connectivity index (χ0v) is 16.9. The second-order valence-electron chi connectivity index (χ2n) is 7.89. The van der Waals surface area contributed by atoms with E-state index in [-0.39, 0.29) is 18.6 Å². The van der Waals surface area contributed by atoms with E-state index >= 15 is 0 Å². The van der Waals surface area contributed by atoms with Gasteiger partial charge in [-0.15, -0.1) is 0 Å². The lowest BCUT2D eigenvalue weighted by Gasteiger charge is -2.37. The van der Waals surface area contributed by atoms with E-state index in [0.717, 1.165) is 24.8 Å². The minimum Gasteiger partial charge on any atom is -0.423 e. The van der Waals surface area contributed by atoms with Gasteiger partial charge in [-0.05, 0) is 56.2 Å². The molecule has 0 heterocycles. The Kier molecular flexibility index (Phi) is 7.97. The number of unbranched alkanes of at least 4 members (excludes halogenated alkanes) is 2. The Bertz CT molecular complexity index is 752. The van der Waals surface area contributed by atoms with Crippen LogP contribution in [0.5, 0.6) is 5.75 Å². The highest BCUT2D eigenvalue weighted by Gasteiger charge is 2.74. The van der Waals surface area contributed by atoms with E-state index < -0.39 is 54.5 Å². The standard InChI is InChI=1S/C21H24F8O2/c1-2-3-4-5-13-6-11-17(16(22)12-13)31-18(30)14-7-9-15(10-8-14)19(23,24)20(25,26)21(27,28)29/h6,11-12,14-15H,2-5,7-10H2,1H3/t14-,15-. The summed E-state index contributed by atoms with van der Waals surface area (Å²) >= 11 is 0. The second-order valence-corrected chi connectivity index (χ2v) is 7.89. The molecule has 0 N–H and O–H groups in total. The fourth-order valence-electron chi connectivity index (χ4n) is 3.69.